The average molecular weight is 302 g/mol. The van der Waals surface area contributed by atoms with Crippen LogP contribution in [-0.4, -0.2) is 19.9 Å². The number of pyridine rings is 1. The van der Waals surface area contributed by atoms with Crippen LogP contribution in [0.25, 0.3) is 44.1 Å². The average Bonchev–Trinajstić information content (AvgIpc) is 3.17. The molecular formula is C18H11FN4. The van der Waals surface area contributed by atoms with Crippen LogP contribution >= 0.6 is 0 Å². The smallest absolute Gasteiger partial charge is 0.125 e. The Balaban J connectivity index is 1.85. The SMILES string of the molecule is Fc1ccc2c(c1)[nH]c1c(-c3ccc4nc[nH]c4c3)nccc12. The maximum atomic E-state index is 13.5. The molecule has 5 rings (SSSR count). The Bertz CT molecular complexity index is 1190. The monoisotopic (exact) mass is 302 g/mol. The predicted molar refractivity (Wildman–Crippen MR) is 88.6 cm³/mol. The van der Waals surface area contributed by atoms with Gasteiger partial charge in [0.05, 0.1) is 28.6 Å². The minimum absolute atomic E-state index is 0.252. The summed E-state index contributed by atoms with van der Waals surface area (Å²) in [6.45, 7) is 0. The maximum Gasteiger partial charge on any atom is 0.125 e. The second kappa shape index (κ2) is 4.39. The summed E-state index contributed by atoms with van der Waals surface area (Å²) in [4.78, 5) is 15.2. The molecule has 0 amide bonds. The van der Waals surface area contributed by atoms with Crippen molar-refractivity contribution in [2.24, 2.45) is 0 Å². The minimum Gasteiger partial charge on any atom is -0.353 e. The predicted octanol–water partition coefficient (Wildman–Crippen LogP) is 4.40. The summed E-state index contributed by atoms with van der Waals surface area (Å²) >= 11 is 0. The molecule has 3 heterocycles. The van der Waals surface area contributed by atoms with E-state index in [-0.39, 0.29) is 5.82 Å². The van der Waals surface area contributed by atoms with Crippen LogP contribution in [-0.2, 0) is 0 Å². The molecule has 23 heavy (non-hydrogen) atoms. The fourth-order valence-corrected chi connectivity index (χ4v) is 3.10. The molecule has 0 aliphatic heterocycles. The number of imidazole rings is 1. The molecule has 0 unspecified atom stereocenters. The molecule has 0 saturated carbocycles. The Morgan fingerprint density at radius 3 is 2.78 bits per heavy atom. The number of fused-ring (bicyclic) bond motifs is 4. The van der Waals surface area contributed by atoms with E-state index in [0.717, 1.165) is 44.1 Å². The molecule has 2 N–H and O–H groups in total. The molecule has 4 nitrogen and oxygen atoms in total. The van der Waals surface area contributed by atoms with Gasteiger partial charge in [-0.05, 0) is 36.4 Å². The number of nitrogens with zero attached hydrogens (tertiary/aromatic N) is 2. The van der Waals surface area contributed by atoms with Crippen LogP contribution in [0.1, 0.15) is 0 Å². The summed E-state index contributed by atoms with van der Waals surface area (Å²) in [7, 11) is 0. The van der Waals surface area contributed by atoms with Crippen molar-refractivity contribution in [3.8, 4) is 11.3 Å². The number of aromatic nitrogens is 4. The van der Waals surface area contributed by atoms with Gasteiger partial charge < -0.3 is 9.97 Å². The van der Waals surface area contributed by atoms with E-state index in [0.29, 0.717) is 0 Å². The lowest BCUT2D eigenvalue weighted by molar-refractivity contribution is 0.629. The lowest BCUT2D eigenvalue weighted by Crippen LogP contribution is -1.85. The van der Waals surface area contributed by atoms with Gasteiger partial charge in [0.15, 0.2) is 0 Å². The Morgan fingerprint density at radius 2 is 1.83 bits per heavy atom. The molecule has 5 heteroatoms. The van der Waals surface area contributed by atoms with E-state index in [2.05, 4.69) is 19.9 Å². The van der Waals surface area contributed by atoms with Crippen molar-refractivity contribution in [2.75, 3.05) is 0 Å². The number of nitrogens with one attached hydrogen (secondary N) is 2. The summed E-state index contributed by atoms with van der Waals surface area (Å²) in [5, 5.41) is 2.03. The van der Waals surface area contributed by atoms with E-state index in [1.165, 1.54) is 12.1 Å². The number of H-pyrrole nitrogens is 2. The largest absolute Gasteiger partial charge is 0.353 e. The van der Waals surface area contributed by atoms with Crippen LogP contribution in [0.5, 0.6) is 0 Å². The van der Waals surface area contributed by atoms with Gasteiger partial charge in [-0.15, -0.1) is 0 Å². The normalized spacial score (nSPS) is 11.7. The Morgan fingerprint density at radius 1 is 0.870 bits per heavy atom. The van der Waals surface area contributed by atoms with Crippen LogP contribution in [0.3, 0.4) is 0 Å². The first-order chi connectivity index (χ1) is 11.3. The van der Waals surface area contributed by atoms with E-state index in [9.17, 15) is 4.39 Å². The lowest BCUT2D eigenvalue weighted by atomic mass is 10.1. The van der Waals surface area contributed by atoms with Gasteiger partial charge in [0.25, 0.3) is 0 Å². The second-order valence-corrected chi connectivity index (χ2v) is 5.53. The topological polar surface area (TPSA) is 57.4 Å². The van der Waals surface area contributed by atoms with Crippen molar-refractivity contribution >= 4 is 32.8 Å². The summed E-state index contributed by atoms with van der Waals surface area (Å²) in [6.07, 6.45) is 3.46. The van der Waals surface area contributed by atoms with Crippen LogP contribution in [0.4, 0.5) is 4.39 Å². The van der Waals surface area contributed by atoms with Crippen molar-refractivity contribution in [3.05, 3.63) is 60.8 Å². The van der Waals surface area contributed by atoms with E-state index >= 15 is 0 Å². The van der Waals surface area contributed by atoms with Crippen molar-refractivity contribution in [3.63, 3.8) is 0 Å². The van der Waals surface area contributed by atoms with Crippen molar-refractivity contribution in [2.45, 2.75) is 0 Å². The van der Waals surface area contributed by atoms with Crippen LogP contribution in [0.2, 0.25) is 0 Å². The third kappa shape index (κ3) is 1.76. The number of hydrogen-bond acceptors (Lipinski definition) is 2. The third-order valence-electron chi connectivity index (χ3n) is 4.18. The van der Waals surface area contributed by atoms with E-state index in [4.69, 9.17) is 0 Å². The summed E-state index contributed by atoms with van der Waals surface area (Å²) in [5.74, 6) is -0.252. The van der Waals surface area contributed by atoms with Gasteiger partial charge in [0, 0.05) is 28.0 Å². The number of rotatable bonds is 1. The van der Waals surface area contributed by atoms with Crippen LogP contribution in [0.15, 0.2) is 55.0 Å². The molecule has 2 aromatic carbocycles. The van der Waals surface area contributed by atoms with Gasteiger partial charge in [0.1, 0.15) is 5.82 Å². The summed E-state index contributed by atoms with van der Waals surface area (Å²) < 4.78 is 13.5. The highest BCUT2D eigenvalue weighted by molar-refractivity contribution is 6.11. The molecule has 0 bridgehead atoms. The van der Waals surface area contributed by atoms with Crippen molar-refractivity contribution in [1.29, 1.82) is 0 Å². The molecule has 5 aromatic rings. The first kappa shape index (κ1) is 12.3. The number of benzene rings is 2. The maximum absolute atomic E-state index is 13.5. The number of aromatic amines is 2. The van der Waals surface area contributed by atoms with Crippen LogP contribution < -0.4 is 0 Å². The molecule has 0 atom stereocenters. The van der Waals surface area contributed by atoms with Crippen molar-refractivity contribution in [1.82, 2.24) is 19.9 Å². The van der Waals surface area contributed by atoms with E-state index in [1.54, 1.807) is 18.6 Å². The molecule has 0 saturated heterocycles. The zero-order valence-electron chi connectivity index (χ0n) is 12.0. The zero-order chi connectivity index (χ0) is 15.4. The molecule has 0 aliphatic carbocycles. The van der Waals surface area contributed by atoms with E-state index in [1.807, 2.05) is 24.3 Å². The quantitative estimate of drug-likeness (QED) is 0.482. The number of halogens is 1. The molecule has 110 valence electrons. The van der Waals surface area contributed by atoms with E-state index < -0.39 is 0 Å². The molecule has 0 spiro atoms. The fraction of sp³-hybridized carbons (Fsp3) is 0. The van der Waals surface area contributed by atoms with Gasteiger partial charge in [-0.25, -0.2) is 9.37 Å². The Hall–Kier alpha value is -3.21. The minimum atomic E-state index is -0.252. The summed E-state index contributed by atoms with van der Waals surface area (Å²) in [5.41, 5.74) is 5.39. The molecule has 0 aliphatic rings. The highest BCUT2D eigenvalue weighted by atomic mass is 19.1. The van der Waals surface area contributed by atoms with Gasteiger partial charge in [-0.2, -0.15) is 0 Å². The van der Waals surface area contributed by atoms with Gasteiger partial charge in [0.2, 0.25) is 0 Å². The van der Waals surface area contributed by atoms with Gasteiger partial charge in [-0.1, -0.05) is 6.07 Å². The lowest BCUT2D eigenvalue weighted by Gasteiger charge is -2.02. The Kier molecular flexibility index (Phi) is 2.36. The van der Waals surface area contributed by atoms with Crippen molar-refractivity contribution < 1.29 is 4.39 Å². The number of hydrogen-bond donors (Lipinski definition) is 2. The zero-order valence-corrected chi connectivity index (χ0v) is 12.0. The molecule has 3 aromatic heterocycles. The second-order valence-electron chi connectivity index (χ2n) is 5.53. The van der Waals surface area contributed by atoms with Gasteiger partial charge in [-0.3, -0.25) is 4.98 Å². The Labute approximate surface area is 130 Å². The molecule has 0 radical (unpaired) electrons. The molecule has 0 fully saturated rings. The first-order valence-electron chi connectivity index (χ1n) is 7.29. The highest BCUT2D eigenvalue weighted by Gasteiger charge is 2.12. The fourth-order valence-electron chi connectivity index (χ4n) is 3.10. The van der Waals surface area contributed by atoms with Gasteiger partial charge >= 0.3 is 0 Å². The summed E-state index contributed by atoms with van der Waals surface area (Å²) in [6, 6.07) is 12.7. The van der Waals surface area contributed by atoms with Crippen LogP contribution in [0, 0.1) is 5.82 Å². The standard InChI is InChI=1S/C18H11FN4/c19-11-2-3-12-13-5-6-20-17(18(13)23-15(12)8-11)10-1-4-14-16(7-10)22-9-21-14/h1-9,23H,(H,21,22). The molecular weight excluding hydrogens is 291 g/mol. The highest BCUT2D eigenvalue weighted by Crippen LogP contribution is 2.32. The third-order valence-corrected chi connectivity index (χ3v) is 4.18. The first-order valence-corrected chi connectivity index (χ1v) is 7.29.